The van der Waals surface area contributed by atoms with Gasteiger partial charge in [0.05, 0.1) is 0 Å². The molecule has 0 radical (unpaired) electrons. The van der Waals surface area contributed by atoms with Crippen molar-refractivity contribution < 1.29 is 4.74 Å². The van der Waals surface area contributed by atoms with Crippen LogP contribution in [0.1, 0.15) is 29.2 Å². The summed E-state index contributed by atoms with van der Waals surface area (Å²) in [5, 5.41) is 0. The maximum Gasteiger partial charge on any atom is 0.133 e. The van der Waals surface area contributed by atoms with Crippen LogP contribution in [0.15, 0.2) is 35.2 Å². The smallest absolute Gasteiger partial charge is 0.133 e. The van der Waals surface area contributed by atoms with Crippen molar-refractivity contribution in [3.8, 4) is 11.5 Å². The van der Waals surface area contributed by atoms with Crippen molar-refractivity contribution >= 4 is 11.8 Å². The van der Waals surface area contributed by atoms with Gasteiger partial charge in [0, 0.05) is 17.0 Å². The van der Waals surface area contributed by atoms with Crippen LogP contribution in [0.3, 0.4) is 0 Å². The molecule has 0 aliphatic carbocycles. The van der Waals surface area contributed by atoms with E-state index in [9.17, 15) is 0 Å². The summed E-state index contributed by atoms with van der Waals surface area (Å²) in [6.07, 6.45) is 0. The molecule has 2 N–H and O–H groups in total. The molecule has 0 saturated carbocycles. The second kappa shape index (κ2) is 7.01. The predicted octanol–water partition coefficient (Wildman–Crippen LogP) is 4.97. The summed E-state index contributed by atoms with van der Waals surface area (Å²) in [6.45, 7) is 8.92. The van der Waals surface area contributed by atoms with Crippen LogP contribution in [0.5, 0.6) is 11.5 Å². The van der Waals surface area contributed by atoms with Gasteiger partial charge >= 0.3 is 0 Å². The molecule has 2 aromatic rings. The van der Waals surface area contributed by atoms with Gasteiger partial charge in [0.15, 0.2) is 0 Å². The zero-order valence-electron chi connectivity index (χ0n) is 13.2. The molecule has 0 heterocycles. The van der Waals surface area contributed by atoms with Crippen molar-refractivity contribution in [3.05, 3.63) is 52.6 Å². The first-order valence-electron chi connectivity index (χ1n) is 7.27. The summed E-state index contributed by atoms with van der Waals surface area (Å²) in [4.78, 5) is 1.21. The number of benzene rings is 2. The van der Waals surface area contributed by atoms with Gasteiger partial charge in [-0.1, -0.05) is 25.1 Å². The Balaban J connectivity index is 2.45. The van der Waals surface area contributed by atoms with E-state index in [1.807, 2.05) is 12.1 Å². The number of aryl methyl sites for hydroxylation is 2. The first-order valence-corrected chi connectivity index (χ1v) is 8.26. The third-order valence-electron chi connectivity index (χ3n) is 3.68. The average Bonchev–Trinajstić information content (AvgIpc) is 2.48. The molecule has 2 nitrogen and oxygen atoms in total. The Hall–Kier alpha value is -1.45. The molecular weight excluding hydrogens is 278 g/mol. The lowest BCUT2D eigenvalue weighted by Crippen LogP contribution is -2.03. The highest BCUT2D eigenvalue weighted by atomic mass is 32.2. The fourth-order valence-electron chi connectivity index (χ4n) is 2.33. The molecule has 21 heavy (non-hydrogen) atoms. The molecule has 2 rings (SSSR count). The summed E-state index contributed by atoms with van der Waals surface area (Å²) in [6, 6.07) is 10.4. The highest BCUT2D eigenvalue weighted by Crippen LogP contribution is 2.35. The number of ether oxygens (including phenoxy) is 1. The summed E-state index contributed by atoms with van der Waals surface area (Å²) in [5.41, 5.74) is 10.6. The summed E-state index contributed by atoms with van der Waals surface area (Å²) < 4.78 is 6.24. The van der Waals surface area contributed by atoms with E-state index in [4.69, 9.17) is 10.5 Å². The Morgan fingerprint density at radius 2 is 1.76 bits per heavy atom. The molecule has 0 fully saturated rings. The summed E-state index contributed by atoms with van der Waals surface area (Å²) in [7, 11) is 0. The van der Waals surface area contributed by atoms with Crippen molar-refractivity contribution in [1.29, 1.82) is 0 Å². The Bertz CT molecular complexity index is 637. The number of nitrogens with two attached hydrogens (primary N) is 1. The lowest BCUT2D eigenvalue weighted by molar-refractivity contribution is 0.466. The third-order valence-corrected chi connectivity index (χ3v) is 4.66. The van der Waals surface area contributed by atoms with Gasteiger partial charge < -0.3 is 10.5 Å². The fraction of sp³-hybridized carbons (Fsp3) is 0.333. The second-order valence-electron chi connectivity index (χ2n) is 5.13. The Labute approximate surface area is 131 Å². The van der Waals surface area contributed by atoms with E-state index >= 15 is 0 Å². The van der Waals surface area contributed by atoms with Crippen molar-refractivity contribution in [2.45, 2.75) is 39.1 Å². The lowest BCUT2D eigenvalue weighted by Gasteiger charge is -2.17. The van der Waals surface area contributed by atoms with Crippen molar-refractivity contribution in [1.82, 2.24) is 0 Å². The van der Waals surface area contributed by atoms with E-state index in [2.05, 4.69) is 45.9 Å². The van der Waals surface area contributed by atoms with E-state index in [-0.39, 0.29) is 0 Å². The molecule has 0 amide bonds. The predicted molar refractivity (Wildman–Crippen MR) is 91.5 cm³/mol. The zero-order chi connectivity index (χ0) is 15.4. The maximum absolute atomic E-state index is 6.24. The molecular formula is C18H23NOS. The van der Waals surface area contributed by atoms with Crippen LogP contribution in [-0.4, -0.2) is 5.75 Å². The van der Waals surface area contributed by atoms with E-state index in [1.165, 1.54) is 16.0 Å². The number of rotatable bonds is 5. The summed E-state index contributed by atoms with van der Waals surface area (Å²) >= 11 is 1.80. The molecule has 2 aromatic carbocycles. The highest BCUT2D eigenvalue weighted by Gasteiger charge is 2.12. The van der Waals surface area contributed by atoms with Gasteiger partial charge in [0.1, 0.15) is 11.5 Å². The largest absolute Gasteiger partial charge is 0.456 e. The van der Waals surface area contributed by atoms with Crippen LogP contribution in [0.25, 0.3) is 0 Å². The first-order chi connectivity index (χ1) is 10.1. The first kappa shape index (κ1) is 15.9. The molecule has 0 bridgehead atoms. The van der Waals surface area contributed by atoms with E-state index < -0.39 is 0 Å². The van der Waals surface area contributed by atoms with Gasteiger partial charge in [-0.3, -0.25) is 0 Å². The molecule has 0 aromatic heterocycles. The normalized spacial score (nSPS) is 10.7. The van der Waals surface area contributed by atoms with Gasteiger partial charge in [-0.25, -0.2) is 0 Å². The minimum Gasteiger partial charge on any atom is -0.456 e. The Kier molecular flexibility index (Phi) is 5.32. The van der Waals surface area contributed by atoms with Gasteiger partial charge in [-0.15, -0.1) is 11.8 Å². The van der Waals surface area contributed by atoms with Crippen molar-refractivity contribution in [3.63, 3.8) is 0 Å². The van der Waals surface area contributed by atoms with Crippen LogP contribution in [0.4, 0.5) is 0 Å². The van der Waals surface area contributed by atoms with Crippen LogP contribution < -0.4 is 10.5 Å². The van der Waals surface area contributed by atoms with Crippen LogP contribution >= 0.6 is 11.8 Å². The molecule has 0 atom stereocenters. The second-order valence-corrected chi connectivity index (χ2v) is 6.43. The van der Waals surface area contributed by atoms with Gasteiger partial charge in [0.2, 0.25) is 0 Å². The number of hydrogen-bond acceptors (Lipinski definition) is 3. The van der Waals surface area contributed by atoms with Crippen LogP contribution in [0, 0.1) is 20.8 Å². The SMILES string of the molecule is CCSc1cccc(Oc2c(C)ccc(C)c2C)c1CN. The van der Waals surface area contributed by atoms with Gasteiger partial charge in [-0.2, -0.15) is 0 Å². The Morgan fingerprint density at radius 3 is 2.43 bits per heavy atom. The third kappa shape index (κ3) is 3.42. The average molecular weight is 301 g/mol. The highest BCUT2D eigenvalue weighted by molar-refractivity contribution is 7.99. The minimum atomic E-state index is 0.489. The van der Waals surface area contributed by atoms with Gasteiger partial charge in [-0.05, 0) is 55.3 Å². The zero-order valence-corrected chi connectivity index (χ0v) is 14.0. The van der Waals surface area contributed by atoms with Crippen molar-refractivity contribution in [2.24, 2.45) is 5.73 Å². The maximum atomic E-state index is 6.24. The summed E-state index contributed by atoms with van der Waals surface area (Å²) in [5.74, 6) is 2.84. The molecule has 0 spiro atoms. The molecule has 112 valence electrons. The van der Waals surface area contributed by atoms with Crippen LogP contribution in [0.2, 0.25) is 0 Å². The molecule has 3 heteroatoms. The number of hydrogen-bond donors (Lipinski definition) is 1. The fourth-order valence-corrected chi connectivity index (χ4v) is 3.17. The topological polar surface area (TPSA) is 35.2 Å². The van der Waals surface area contributed by atoms with Crippen molar-refractivity contribution in [2.75, 3.05) is 5.75 Å². The number of thioether (sulfide) groups is 1. The minimum absolute atomic E-state index is 0.489. The van der Waals surface area contributed by atoms with E-state index in [1.54, 1.807) is 11.8 Å². The van der Waals surface area contributed by atoms with Gasteiger partial charge in [0.25, 0.3) is 0 Å². The molecule has 0 saturated heterocycles. The van der Waals surface area contributed by atoms with E-state index in [0.717, 1.165) is 28.4 Å². The quantitative estimate of drug-likeness (QED) is 0.791. The lowest BCUT2D eigenvalue weighted by atomic mass is 10.1. The Morgan fingerprint density at radius 1 is 1.05 bits per heavy atom. The standard InChI is InChI=1S/C18H23NOS/c1-5-21-17-8-6-7-16(15(17)11-19)20-18-13(3)10-9-12(2)14(18)4/h6-10H,5,11,19H2,1-4H3. The molecule has 0 aliphatic heterocycles. The molecule has 0 aliphatic rings. The van der Waals surface area contributed by atoms with Crippen LogP contribution in [-0.2, 0) is 6.54 Å². The molecule has 0 unspecified atom stereocenters. The monoisotopic (exact) mass is 301 g/mol. The van der Waals surface area contributed by atoms with E-state index in [0.29, 0.717) is 6.54 Å².